The van der Waals surface area contributed by atoms with Crippen molar-refractivity contribution in [2.45, 2.75) is 13.0 Å². The molecule has 92 valence electrons. The largest absolute Gasteiger partial charge is 0.344 e. The van der Waals surface area contributed by atoms with Gasteiger partial charge in [-0.2, -0.15) is 0 Å². The summed E-state index contributed by atoms with van der Waals surface area (Å²) in [5.41, 5.74) is 0.617. The highest BCUT2D eigenvalue weighted by molar-refractivity contribution is 6.30. The minimum absolute atomic E-state index is 0.168. The molecule has 0 aliphatic carbocycles. The van der Waals surface area contributed by atoms with Crippen LogP contribution in [0.5, 0.6) is 0 Å². The fraction of sp³-hybridized carbons (Fsp3) is 0.273. The quantitative estimate of drug-likeness (QED) is 0.826. The van der Waals surface area contributed by atoms with Crippen molar-refractivity contribution in [2.24, 2.45) is 0 Å². The summed E-state index contributed by atoms with van der Waals surface area (Å²) in [7, 11) is 0. The Balaban J connectivity index is 2.54. The summed E-state index contributed by atoms with van der Waals surface area (Å²) < 4.78 is 0. The first-order valence-electron chi connectivity index (χ1n) is 4.94. The lowest BCUT2D eigenvalue weighted by atomic mass is 10.2. The fourth-order valence-corrected chi connectivity index (χ4v) is 1.33. The Labute approximate surface area is 109 Å². The van der Waals surface area contributed by atoms with Gasteiger partial charge < -0.3 is 10.6 Å². The molecule has 0 bridgehead atoms. The predicted octanol–water partition coefficient (Wildman–Crippen LogP) is 2.02. The Morgan fingerprint density at radius 3 is 2.41 bits per heavy atom. The van der Waals surface area contributed by atoms with Crippen LogP contribution in [0.25, 0.3) is 0 Å². The molecule has 0 fully saturated rings. The molecule has 0 saturated carbocycles. The van der Waals surface area contributed by atoms with E-state index in [0.29, 0.717) is 10.7 Å². The van der Waals surface area contributed by atoms with Crippen LogP contribution in [0.3, 0.4) is 0 Å². The SMILES string of the molecule is CC(NC(=O)CCl)C(=O)Nc1ccc(Cl)cc1. The van der Waals surface area contributed by atoms with Gasteiger partial charge in [0.25, 0.3) is 0 Å². The molecule has 2 N–H and O–H groups in total. The van der Waals surface area contributed by atoms with Crippen LogP contribution in [0.1, 0.15) is 6.92 Å². The molecule has 0 aromatic heterocycles. The Kier molecular flexibility index (Phi) is 5.25. The molecule has 2 amide bonds. The number of benzene rings is 1. The van der Waals surface area contributed by atoms with Crippen molar-refractivity contribution in [2.75, 3.05) is 11.2 Å². The van der Waals surface area contributed by atoms with Gasteiger partial charge in [-0.15, -0.1) is 11.6 Å². The third-order valence-corrected chi connectivity index (χ3v) is 2.50. The molecule has 1 aromatic carbocycles. The first-order chi connectivity index (χ1) is 8.02. The van der Waals surface area contributed by atoms with Crippen LogP contribution >= 0.6 is 23.2 Å². The monoisotopic (exact) mass is 274 g/mol. The third-order valence-electron chi connectivity index (χ3n) is 2.00. The summed E-state index contributed by atoms with van der Waals surface area (Å²) in [6.07, 6.45) is 0. The number of hydrogen-bond acceptors (Lipinski definition) is 2. The van der Waals surface area contributed by atoms with Gasteiger partial charge in [-0.05, 0) is 31.2 Å². The van der Waals surface area contributed by atoms with E-state index in [1.165, 1.54) is 0 Å². The van der Waals surface area contributed by atoms with Crippen LogP contribution in [-0.4, -0.2) is 23.7 Å². The summed E-state index contributed by atoms with van der Waals surface area (Å²) in [5, 5.41) is 5.68. The summed E-state index contributed by atoms with van der Waals surface area (Å²) in [6, 6.07) is 6.04. The maximum atomic E-state index is 11.6. The van der Waals surface area contributed by atoms with Crippen molar-refractivity contribution >= 4 is 40.7 Å². The summed E-state index contributed by atoms with van der Waals surface area (Å²) in [6.45, 7) is 1.58. The van der Waals surface area contributed by atoms with Crippen molar-refractivity contribution in [3.63, 3.8) is 0 Å². The molecule has 1 unspecified atom stereocenters. The maximum absolute atomic E-state index is 11.6. The Morgan fingerprint density at radius 1 is 1.29 bits per heavy atom. The van der Waals surface area contributed by atoms with Gasteiger partial charge in [0.15, 0.2) is 0 Å². The van der Waals surface area contributed by atoms with E-state index >= 15 is 0 Å². The second-order valence-electron chi connectivity index (χ2n) is 3.42. The van der Waals surface area contributed by atoms with E-state index in [1.54, 1.807) is 31.2 Å². The topological polar surface area (TPSA) is 58.2 Å². The van der Waals surface area contributed by atoms with Gasteiger partial charge >= 0.3 is 0 Å². The van der Waals surface area contributed by atoms with E-state index in [4.69, 9.17) is 23.2 Å². The normalized spacial score (nSPS) is 11.7. The van der Waals surface area contributed by atoms with E-state index in [9.17, 15) is 9.59 Å². The van der Waals surface area contributed by atoms with Crippen LogP contribution in [-0.2, 0) is 9.59 Å². The van der Waals surface area contributed by atoms with Crippen LogP contribution in [0.4, 0.5) is 5.69 Å². The van der Waals surface area contributed by atoms with Gasteiger partial charge in [-0.25, -0.2) is 0 Å². The lowest BCUT2D eigenvalue weighted by Crippen LogP contribution is -2.42. The number of rotatable bonds is 4. The number of halogens is 2. The molecule has 17 heavy (non-hydrogen) atoms. The molecule has 4 nitrogen and oxygen atoms in total. The van der Waals surface area contributed by atoms with Crippen molar-refractivity contribution in [1.29, 1.82) is 0 Å². The molecule has 1 rings (SSSR count). The zero-order chi connectivity index (χ0) is 12.8. The molecular weight excluding hydrogens is 263 g/mol. The minimum Gasteiger partial charge on any atom is -0.344 e. The molecule has 0 saturated heterocycles. The molecule has 1 aromatic rings. The van der Waals surface area contributed by atoms with E-state index in [-0.39, 0.29) is 17.7 Å². The summed E-state index contributed by atoms with van der Waals surface area (Å²) >= 11 is 11.0. The number of nitrogens with one attached hydrogen (secondary N) is 2. The number of amides is 2. The predicted molar refractivity (Wildman–Crippen MR) is 68.4 cm³/mol. The van der Waals surface area contributed by atoms with Crippen LogP contribution in [0.15, 0.2) is 24.3 Å². The molecule has 0 heterocycles. The number of hydrogen-bond donors (Lipinski definition) is 2. The van der Waals surface area contributed by atoms with E-state index in [0.717, 1.165) is 0 Å². The van der Waals surface area contributed by atoms with Gasteiger partial charge in [-0.3, -0.25) is 9.59 Å². The average molecular weight is 275 g/mol. The van der Waals surface area contributed by atoms with Gasteiger partial charge in [0, 0.05) is 10.7 Å². The van der Waals surface area contributed by atoms with Crippen LogP contribution < -0.4 is 10.6 Å². The summed E-state index contributed by atoms with van der Waals surface area (Å²) in [4.78, 5) is 22.6. The van der Waals surface area contributed by atoms with Gasteiger partial charge in [-0.1, -0.05) is 11.6 Å². The van der Waals surface area contributed by atoms with E-state index in [1.807, 2.05) is 0 Å². The third kappa shape index (κ3) is 4.63. The summed E-state index contributed by atoms with van der Waals surface area (Å²) in [5.74, 6) is -0.866. The van der Waals surface area contributed by atoms with Crippen LogP contribution in [0.2, 0.25) is 5.02 Å². The van der Waals surface area contributed by atoms with Crippen molar-refractivity contribution in [3.05, 3.63) is 29.3 Å². The highest BCUT2D eigenvalue weighted by Crippen LogP contribution is 2.13. The molecule has 0 aliphatic heterocycles. The highest BCUT2D eigenvalue weighted by Gasteiger charge is 2.14. The lowest BCUT2D eigenvalue weighted by Gasteiger charge is -2.13. The standard InChI is InChI=1S/C11H12Cl2N2O2/c1-7(14-10(16)6-12)11(17)15-9-4-2-8(13)3-5-9/h2-5,7H,6H2,1H3,(H,14,16)(H,15,17). The van der Waals surface area contributed by atoms with Crippen molar-refractivity contribution < 1.29 is 9.59 Å². The molecule has 0 radical (unpaired) electrons. The lowest BCUT2D eigenvalue weighted by molar-refractivity contribution is -0.124. The zero-order valence-electron chi connectivity index (χ0n) is 9.17. The second kappa shape index (κ2) is 6.47. The van der Waals surface area contributed by atoms with Gasteiger partial charge in [0.1, 0.15) is 11.9 Å². The smallest absolute Gasteiger partial charge is 0.246 e. The first kappa shape index (κ1) is 13.8. The molecular formula is C11H12Cl2N2O2. The number of carbonyl (C=O) groups excluding carboxylic acids is 2. The maximum Gasteiger partial charge on any atom is 0.246 e. The Morgan fingerprint density at radius 2 is 1.88 bits per heavy atom. The Bertz CT molecular complexity index is 406. The zero-order valence-corrected chi connectivity index (χ0v) is 10.7. The van der Waals surface area contributed by atoms with Crippen molar-refractivity contribution in [1.82, 2.24) is 5.32 Å². The molecule has 0 spiro atoms. The molecule has 0 aliphatic rings. The van der Waals surface area contributed by atoms with Crippen molar-refractivity contribution in [3.8, 4) is 0 Å². The average Bonchev–Trinajstić information content (AvgIpc) is 2.31. The first-order valence-corrected chi connectivity index (χ1v) is 5.86. The van der Waals surface area contributed by atoms with E-state index in [2.05, 4.69) is 10.6 Å². The van der Waals surface area contributed by atoms with Gasteiger partial charge in [0.05, 0.1) is 0 Å². The molecule has 6 heteroatoms. The number of carbonyl (C=O) groups is 2. The number of alkyl halides is 1. The second-order valence-corrected chi connectivity index (χ2v) is 4.12. The highest BCUT2D eigenvalue weighted by atomic mass is 35.5. The molecule has 1 atom stereocenters. The van der Waals surface area contributed by atoms with Gasteiger partial charge in [0.2, 0.25) is 11.8 Å². The van der Waals surface area contributed by atoms with E-state index < -0.39 is 6.04 Å². The fourth-order valence-electron chi connectivity index (χ4n) is 1.13. The number of anilines is 1. The Hall–Kier alpha value is -1.26. The van der Waals surface area contributed by atoms with Crippen LogP contribution in [0, 0.1) is 0 Å². The minimum atomic E-state index is -0.642.